The van der Waals surface area contributed by atoms with E-state index in [9.17, 15) is 14.4 Å². The van der Waals surface area contributed by atoms with Crippen molar-refractivity contribution in [1.82, 2.24) is 10.2 Å². The normalized spacial score (nSPS) is 25.8. The number of nitrogens with one attached hydrogen (secondary N) is 1. The van der Waals surface area contributed by atoms with Gasteiger partial charge >= 0.3 is 5.97 Å². The van der Waals surface area contributed by atoms with E-state index in [2.05, 4.69) is 5.32 Å². The first-order valence-corrected chi connectivity index (χ1v) is 9.84. The summed E-state index contributed by atoms with van der Waals surface area (Å²) < 4.78 is 0. The number of hydrogen-bond acceptors (Lipinski definition) is 4. The van der Waals surface area contributed by atoms with E-state index in [-0.39, 0.29) is 29.6 Å². The van der Waals surface area contributed by atoms with Gasteiger partial charge in [0.25, 0.3) is 0 Å². The summed E-state index contributed by atoms with van der Waals surface area (Å²) in [7, 11) is 0. The molecule has 2 amide bonds. The maximum Gasteiger partial charge on any atom is 0.306 e. The van der Waals surface area contributed by atoms with Crippen LogP contribution in [0, 0.1) is 23.7 Å². The first-order valence-electron chi connectivity index (χ1n) is 9.84. The zero-order chi connectivity index (χ0) is 19.3. The number of carboxylic acid groups (broad SMARTS) is 1. The molecule has 1 saturated heterocycles. The van der Waals surface area contributed by atoms with Crippen molar-refractivity contribution in [1.29, 1.82) is 0 Å². The average Bonchev–Trinajstić information content (AvgIpc) is 2.65. The quantitative estimate of drug-likeness (QED) is 0.653. The highest BCUT2D eigenvalue weighted by atomic mass is 16.4. The van der Waals surface area contributed by atoms with Gasteiger partial charge in [0.2, 0.25) is 11.8 Å². The Hall–Kier alpha value is -1.63. The summed E-state index contributed by atoms with van der Waals surface area (Å²) in [4.78, 5) is 37.4. The second kappa shape index (κ2) is 9.35. The number of amides is 2. The van der Waals surface area contributed by atoms with Crippen molar-refractivity contribution in [3.05, 3.63) is 0 Å². The van der Waals surface area contributed by atoms with E-state index >= 15 is 0 Å². The van der Waals surface area contributed by atoms with Gasteiger partial charge in [0, 0.05) is 25.6 Å². The minimum atomic E-state index is -0.703. The fourth-order valence-corrected chi connectivity index (χ4v) is 3.86. The van der Waals surface area contributed by atoms with Gasteiger partial charge in [0.05, 0.1) is 12.0 Å². The molecule has 0 radical (unpaired) electrons. The summed E-state index contributed by atoms with van der Waals surface area (Å²) >= 11 is 0. The molecule has 1 heterocycles. The number of nitrogens with zero attached hydrogens (tertiary/aromatic N) is 1. The van der Waals surface area contributed by atoms with Crippen LogP contribution >= 0.6 is 0 Å². The Morgan fingerprint density at radius 3 is 2.12 bits per heavy atom. The van der Waals surface area contributed by atoms with Crippen LogP contribution in [0.1, 0.15) is 52.4 Å². The molecule has 0 bridgehead atoms. The molecule has 0 aromatic carbocycles. The van der Waals surface area contributed by atoms with Crippen molar-refractivity contribution in [3.8, 4) is 0 Å². The van der Waals surface area contributed by atoms with Gasteiger partial charge in [0.15, 0.2) is 0 Å². The first-order chi connectivity index (χ1) is 12.3. The topological polar surface area (TPSA) is 113 Å². The number of aliphatic carboxylic acids is 1. The van der Waals surface area contributed by atoms with Crippen LogP contribution in [-0.2, 0) is 14.4 Å². The van der Waals surface area contributed by atoms with Crippen LogP contribution < -0.4 is 11.1 Å². The Balaban J connectivity index is 1.69. The molecule has 1 aliphatic carbocycles. The summed E-state index contributed by atoms with van der Waals surface area (Å²) in [5.41, 5.74) is 5.94. The molecule has 7 nitrogen and oxygen atoms in total. The minimum Gasteiger partial charge on any atom is -0.481 e. The lowest BCUT2D eigenvalue weighted by molar-refractivity contribution is -0.143. The molecule has 26 heavy (non-hydrogen) atoms. The lowest BCUT2D eigenvalue weighted by Gasteiger charge is -2.34. The van der Waals surface area contributed by atoms with Gasteiger partial charge in [-0.15, -0.1) is 0 Å². The van der Waals surface area contributed by atoms with E-state index in [1.54, 1.807) is 4.90 Å². The second-order valence-electron chi connectivity index (χ2n) is 8.17. The van der Waals surface area contributed by atoms with Crippen molar-refractivity contribution >= 4 is 17.8 Å². The Kier molecular flexibility index (Phi) is 7.43. The lowest BCUT2D eigenvalue weighted by atomic mass is 9.82. The second-order valence-corrected chi connectivity index (χ2v) is 8.17. The predicted molar refractivity (Wildman–Crippen MR) is 98.2 cm³/mol. The molecule has 148 valence electrons. The summed E-state index contributed by atoms with van der Waals surface area (Å²) in [5.74, 6) is -0.448. The number of rotatable bonds is 6. The number of nitrogens with two attached hydrogens (primary N) is 1. The van der Waals surface area contributed by atoms with Gasteiger partial charge < -0.3 is 21.1 Å². The number of hydrogen-bond donors (Lipinski definition) is 3. The Labute approximate surface area is 155 Å². The maximum absolute atomic E-state index is 12.4. The van der Waals surface area contributed by atoms with Crippen LogP contribution in [0.15, 0.2) is 0 Å². The van der Waals surface area contributed by atoms with Crippen molar-refractivity contribution in [2.24, 2.45) is 29.4 Å². The smallest absolute Gasteiger partial charge is 0.306 e. The highest BCUT2D eigenvalue weighted by Gasteiger charge is 2.31. The molecule has 0 spiro atoms. The molecule has 1 aliphatic heterocycles. The van der Waals surface area contributed by atoms with E-state index in [4.69, 9.17) is 10.8 Å². The monoisotopic (exact) mass is 367 g/mol. The van der Waals surface area contributed by atoms with Gasteiger partial charge in [-0.25, -0.2) is 0 Å². The predicted octanol–water partition coefficient (Wildman–Crippen LogP) is 1.22. The molecule has 0 aromatic heterocycles. The lowest BCUT2D eigenvalue weighted by Crippen LogP contribution is -2.50. The third kappa shape index (κ3) is 5.43. The molecule has 2 fully saturated rings. The number of likely N-dealkylation sites (tertiary alicyclic amines) is 1. The van der Waals surface area contributed by atoms with Crippen molar-refractivity contribution in [2.75, 3.05) is 19.6 Å². The van der Waals surface area contributed by atoms with E-state index in [0.717, 1.165) is 12.8 Å². The highest BCUT2D eigenvalue weighted by Crippen LogP contribution is 2.28. The third-order valence-electron chi connectivity index (χ3n) is 5.94. The average molecular weight is 367 g/mol. The van der Waals surface area contributed by atoms with E-state index < -0.39 is 12.0 Å². The molecular weight excluding hydrogens is 334 g/mol. The van der Waals surface area contributed by atoms with Gasteiger partial charge in [-0.3, -0.25) is 14.4 Å². The van der Waals surface area contributed by atoms with Crippen LogP contribution in [0.5, 0.6) is 0 Å². The molecular formula is C19H33N3O4. The van der Waals surface area contributed by atoms with Gasteiger partial charge in [-0.2, -0.15) is 0 Å². The maximum atomic E-state index is 12.4. The zero-order valence-corrected chi connectivity index (χ0v) is 15.9. The van der Waals surface area contributed by atoms with E-state index in [1.807, 2.05) is 13.8 Å². The molecule has 7 heteroatoms. The van der Waals surface area contributed by atoms with Crippen LogP contribution in [0.4, 0.5) is 0 Å². The van der Waals surface area contributed by atoms with Crippen LogP contribution in [0.25, 0.3) is 0 Å². The van der Waals surface area contributed by atoms with Crippen molar-refractivity contribution in [3.63, 3.8) is 0 Å². The molecule has 0 aromatic rings. The largest absolute Gasteiger partial charge is 0.481 e. The SMILES string of the molecule is CC(C)C(N)C(=O)N1CCC(C(=O)NCC2CCC(C(=O)O)CC2)CC1. The Morgan fingerprint density at radius 2 is 1.62 bits per heavy atom. The number of carbonyl (C=O) groups is 3. The fourth-order valence-electron chi connectivity index (χ4n) is 3.86. The summed E-state index contributed by atoms with van der Waals surface area (Å²) in [6, 6.07) is -0.471. The third-order valence-corrected chi connectivity index (χ3v) is 5.94. The molecule has 1 atom stereocenters. The van der Waals surface area contributed by atoms with Crippen LogP contribution in [-0.4, -0.2) is 53.5 Å². The first kappa shape index (κ1) is 20.7. The Morgan fingerprint density at radius 1 is 1.04 bits per heavy atom. The van der Waals surface area contributed by atoms with Gasteiger partial charge in [-0.1, -0.05) is 13.8 Å². The highest BCUT2D eigenvalue weighted by molar-refractivity contribution is 5.83. The molecule has 2 aliphatic rings. The summed E-state index contributed by atoms with van der Waals surface area (Å²) in [6.45, 7) is 5.67. The zero-order valence-electron chi connectivity index (χ0n) is 15.9. The number of carbonyl (C=O) groups excluding carboxylic acids is 2. The van der Waals surface area contributed by atoms with Crippen molar-refractivity contribution in [2.45, 2.75) is 58.4 Å². The van der Waals surface area contributed by atoms with Crippen molar-refractivity contribution < 1.29 is 19.5 Å². The van der Waals surface area contributed by atoms with Gasteiger partial charge in [0.1, 0.15) is 0 Å². The summed E-state index contributed by atoms with van der Waals surface area (Å²) in [5, 5.41) is 12.1. The molecule has 2 rings (SSSR count). The molecule has 4 N–H and O–H groups in total. The standard InChI is InChI=1S/C19H33N3O4/c1-12(2)16(20)18(24)22-9-7-14(8-10-22)17(23)21-11-13-3-5-15(6-4-13)19(25)26/h12-16H,3-11,20H2,1-2H3,(H,21,23)(H,25,26). The molecule has 1 saturated carbocycles. The van der Waals surface area contributed by atoms with Gasteiger partial charge in [-0.05, 0) is 50.4 Å². The summed E-state index contributed by atoms with van der Waals surface area (Å²) in [6.07, 6.45) is 4.47. The molecule has 1 unspecified atom stereocenters. The minimum absolute atomic E-state index is 0.0194. The van der Waals surface area contributed by atoms with Crippen LogP contribution in [0.2, 0.25) is 0 Å². The number of piperidine rings is 1. The van der Waals surface area contributed by atoms with E-state index in [0.29, 0.717) is 51.2 Å². The Bertz CT molecular complexity index is 507. The van der Waals surface area contributed by atoms with Crippen LogP contribution in [0.3, 0.4) is 0 Å². The van der Waals surface area contributed by atoms with E-state index in [1.165, 1.54) is 0 Å². The number of carboxylic acids is 1. The fraction of sp³-hybridized carbons (Fsp3) is 0.842.